The molecule has 0 heterocycles. The van der Waals surface area contributed by atoms with E-state index < -0.39 is 0 Å². The summed E-state index contributed by atoms with van der Waals surface area (Å²) in [6.07, 6.45) is 0.291. The van der Waals surface area contributed by atoms with Crippen LogP contribution in [0.4, 0.5) is 5.69 Å². The molecule has 104 valence electrons. The summed E-state index contributed by atoms with van der Waals surface area (Å²) in [5.74, 6) is -0.201. The van der Waals surface area contributed by atoms with Gasteiger partial charge in [0, 0.05) is 38.3 Å². The lowest BCUT2D eigenvalue weighted by atomic mass is 10.0. The third-order valence-electron chi connectivity index (χ3n) is 3.14. The largest absolute Gasteiger partial charge is 0.398 e. The Morgan fingerprint density at radius 2 is 1.89 bits per heavy atom. The number of rotatable bonds is 4. The highest BCUT2D eigenvalue weighted by atomic mass is 16.2. The Kier molecular flexibility index (Phi) is 4.92. The Labute approximate surface area is 113 Å². The molecule has 0 aromatic heterocycles. The van der Waals surface area contributed by atoms with Gasteiger partial charge in [-0.05, 0) is 31.0 Å². The lowest BCUT2D eigenvalue weighted by Crippen LogP contribution is -2.31. The molecule has 5 heteroatoms. The van der Waals surface area contributed by atoms with Gasteiger partial charge >= 0.3 is 0 Å². The van der Waals surface area contributed by atoms with Gasteiger partial charge in [-0.15, -0.1) is 0 Å². The van der Waals surface area contributed by atoms with Crippen molar-refractivity contribution in [3.63, 3.8) is 0 Å². The predicted octanol–water partition coefficient (Wildman–Crippen LogP) is 1.09. The first-order chi connectivity index (χ1) is 8.86. The number of hydrogen-bond donors (Lipinski definition) is 2. The SMILES string of the molecule is CNC(=O)CCN(C)C(=O)c1cc(N)c(C)cc1C. The van der Waals surface area contributed by atoms with Crippen LogP contribution in [-0.4, -0.2) is 37.4 Å². The zero-order chi connectivity index (χ0) is 14.6. The molecule has 0 aliphatic heterocycles. The van der Waals surface area contributed by atoms with Crippen molar-refractivity contribution in [3.05, 3.63) is 28.8 Å². The molecule has 3 N–H and O–H groups in total. The first-order valence-electron chi connectivity index (χ1n) is 6.19. The van der Waals surface area contributed by atoms with Crippen LogP contribution in [0.1, 0.15) is 27.9 Å². The van der Waals surface area contributed by atoms with Crippen LogP contribution >= 0.6 is 0 Å². The van der Waals surface area contributed by atoms with E-state index in [4.69, 9.17) is 5.73 Å². The van der Waals surface area contributed by atoms with Crippen LogP contribution in [0.3, 0.4) is 0 Å². The number of nitrogens with one attached hydrogen (secondary N) is 1. The molecule has 0 bridgehead atoms. The Morgan fingerprint density at radius 1 is 1.26 bits per heavy atom. The second-order valence-electron chi connectivity index (χ2n) is 4.67. The Hall–Kier alpha value is -2.04. The van der Waals surface area contributed by atoms with E-state index in [1.54, 1.807) is 20.2 Å². The van der Waals surface area contributed by atoms with Gasteiger partial charge in [0.25, 0.3) is 5.91 Å². The third-order valence-corrected chi connectivity index (χ3v) is 3.14. The first kappa shape index (κ1) is 15.0. The van der Waals surface area contributed by atoms with E-state index in [1.807, 2.05) is 19.9 Å². The van der Waals surface area contributed by atoms with Crippen LogP contribution in [0.15, 0.2) is 12.1 Å². The van der Waals surface area contributed by atoms with Crippen molar-refractivity contribution in [1.82, 2.24) is 10.2 Å². The number of benzene rings is 1. The second-order valence-corrected chi connectivity index (χ2v) is 4.67. The Morgan fingerprint density at radius 3 is 2.47 bits per heavy atom. The van der Waals surface area contributed by atoms with Gasteiger partial charge in [0.1, 0.15) is 0 Å². The number of hydrogen-bond acceptors (Lipinski definition) is 3. The number of nitrogens with zero attached hydrogens (tertiary/aromatic N) is 1. The summed E-state index contributed by atoms with van der Waals surface area (Å²) >= 11 is 0. The topological polar surface area (TPSA) is 75.4 Å². The van der Waals surface area contributed by atoms with Gasteiger partial charge in [0.2, 0.25) is 5.91 Å². The van der Waals surface area contributed by atoms with Crippen molar-refractivity contribution in [3.8, 4) is 0 Å². The van der Waals surface area contributed by atoms with E-state index in [9.17, 15) is 9.59 Å². The number of amides is 2. The summed E-state index contributed by atoms with van der Waals surface area (Å²) in [4.78, 5) is 25.0. The highest BCUT2D eigenvalue weighted by Crippen LogP contribution is 2.19. The Balaban J connectivity index is 2.82. The summed E-state index contributed by atoms with van der Waals surface area (Å²) in [7, 11) is 3.26. The molecule has 19 heavy (non-hydrogen) atoms. The van der Waals surface area contributed by atoms with Gasteiger partial charge in [-0.1, -0.05) is 6.07 Å². The molecule has 0 aliphatic rings. The number of nitrogen functional groups attached to an aromatic ring is 1. The van der Waals surface area contributed by atoms with Crippen LogP contribution in [0.5, 0.6) is 0 Å². The van der Waals surface area contributed by atoms with E-state index in [2.05, 4.69) is 5.32 Å². The fraction of sp³-hybridized carbons (Fsp3) is 0.429. The summed E-state index contributed by atoms with van der Waals surface area (Å²) in [5, 5.41) is 2.53. The maximum Gasteiger partial charge on any atom is 0.253 e. The minimum Gasteiger partial charge on any atom is -0.398 e. The monoisotopic (exact) mass is 263 g/mol. The molecule has 1 aromatic carbocycles. The lowest BCUT2D eigenvalue weighted by molar-refractivity contribution is -0.120. The number of nitrogens with two attached hydrogens (primary N) is 1. The van der Waals surface area contributed by atoms with Crippen LogP contribution in [0.2, 0.25) is 0 Å². The minimum absolute atomic E-state index is 0.0835. The van der Waals surface area contributed by atoms with Gasteiger partial charge in [0.15, 0.2) is 0 Å². The number of anilines is 1. The second kappa shape index (κ2) is 6.22. The molecule has 2 amide bonds. The first-order valence-corrected chi connectivity index (χ1v) is 6.19. The maximum atomic E-state index is 12.3. The number of aryl methyl sites for hydroxylation is 2. The standard InChI is InChI=1S/C14H21N3O2/c1-9-7-10(2)12(15)8-11(9)14(19)17(4)6-5-13(18)16-3/h7-8H,5-6,15H2,1-4H3,(H,16,18). The van der Waals surface area contributed by atoms with Crippen molar-refractivity contribution < 1.29 is 9.59 Å². The zero-order valence-electron chi connectivity index (χ0n) is 11.9. The van der Waals surface area contributed by atoms with Gasteiger partial charge in [0.05, 0.1) is 0 Å². The quantitative estimate of drug-likeness (QED) is 0.799. The summed E-state index contributed by atoms with van der Waals surface area (Å²) in [5.41, 5.74) is 8.88. The number of carbonyl (C=O) groups excluding carboxylic acids is 2. The van der Waals surface area contributed by atoms with Crippen LogP contribution in [0, 0.1) is 13.8 Å². The average Bonchev–Trinajstić information content (AvgIpc) is 2.38. The van der Waals surface area contributed by atoms with Gasteiger partial charge in [-0.2, -0.15) is 0 Å². The van der Waals surface area contributed by atoms with E-state index in [-0.39, 0.29) is 11.8 Å². The summed E-state index contributed by atoms with van der Waals surface area (Å²) in [6, 6.07) is 3.60. The van der Waals surface area contributed by atoms with Crippen LogP contribution < -0.4 is 11.1 Å². The van der Waals surface area contributed by atoms with Crippen LogP contribution in [0.25, 0.3) is 0 Å². The van der Waals surface area contributed by atoms with E-state index >= 15 is 0 Å². The van der Waals surface area contributed by atoms with Crippen LogP contribution in [-0.2, 0) is 4.79 Å². The molecule has 0 saturated heterocycles. The molecule has 0 aliphatic carbocycles. The molecule has 0 spiro atoms. The van der Waals surface area contributed by atoms with Crippen molar-refractivity contribution in [2.24, 2.45) is 0 Å². The van der Waals surface area contributed by atoms with E-state index in [0.29, 0.717) is 24.2 Å². The highest BCUT2D eigenvalue weighted by molar-refractivity contribution is 5.96. The lowest BCUT2D eigenvalue weighted by Gasteiger charge is -2.18. The zero-order valence-corrected chi connectivity index (χ0v) is 11.9. The fourth-order valence-electron chi connectivity index (χ4n) is 1.80. The maximum absolute atomic E-state index is 12.3. The molecule has 0 radical (unpaired) electrons. The normalized spacial score (nSPS) is 10.1. The molecule has 5 nitrogen and oxygen atoms in total. The molecule has 0 saturated carbocycles. The highest BCUT2D eigenvalue weighted by Gasteiger charge is 2.16. The van der Waals surface area contributed by atoms with E-state index in [0.717, 1.165) is 11.1 Å². The number of carbonyl (C=O) groups is 2. The van der Waals surface area contributed by atoms with Crippen molar-refractivity contribution >= 4 is 17.5 Å². The average molecular weight is 263 g/mol. The molecular weight excluding hydrogens is 242 g/mol. The fourth-order valence-corrected chi connectivity index (χ4v) is 1.80. The van der Waals surface area contributed by atoms with Gasteiger partial charge in [-0.3, -0.25) is 9.59 Å². The van der Waals surface area contributed by atoms with E-state index in [1.165, 1.54) is 4.90 Å². The molecule has 0 fully saturated rings. The smallest absolute Gasteiger partial charge is 0.253 e. The third kappa shape index (κ3) is 3.71. The molecule has 0 atom stereocenters. The molecule has 1 aromatic rings. The molecule has 1 rings (SSSR count). The van der Waals surface area contributed by atoms with Crippen molar-refractivity contribution in [2.45, 2.75) is 20.3 Å². The Bertz CT molecular complexity index is 498. The molecule has 0 unspecified atom stereocenters. The van der Waals surface area contributed by atoms with Crippen molar-refractivity contribution in [1.29, 1.82) is 0 Å². The van der Waals surface area contributed by atoms with Gasteiger partial charge < -0.3 is 16.0 Å². The van der Waals surface area contributed by atoms with Crippen molar-refractivity contribution in [2.75, 3.05) is 26.4 Å². The summed E-state index contributed by atoms with van der Waals surface area (Å²) in [6.45, 7) is 4.17. The van der Waals surface area contributed by atoms with Gasteiger partial charge in [-0.25, -0.2) is 0 Å². The summed E-state index contributed by atoms with van der Waals surface area (Å²) < 4.78 is 0. The minimum atomic E-state index is -0.117. The molecular formula is C14H21N3O2. The predicted molar refractivity (Wildman–Crippen MR) is 76.0 cm³/mol.